The van der Waals surface area contributed by atoms with E-state index in [0.29, 0.717) is 17.2 Å². The van der Waals surface area contributed by atoms with Crippen molar-refractivity contribution in [2.45, 2.75) is 51.9 Å². The van der Waals surface area contributed by atoms with Crippen LogP contribution in [0.2, 0.25) is 0 Å². The second kappa shape index (κ2) is 5.39. The summed E-state index contributed by atoms with van der Waals surface area (Å²) in [5, 5.41) is 0. The molecule has 3 nitrogen and oxygen atoms in total. The highest BCUT2D eigenvalue weighted by atomic mass is 32.2. The lowest BCUT2D eigenvalue weighted by molar-refractivity contribution is 0.397. The average Bonchev–Trinajstić information content (AvgIpc) is 2.26. The van der Waals surface area contributed by atoms with Crippen LogP contribution in [-0.4, -0.2) is 19.2 Å². The molecule has 0 aliphatic rings. The summed E-state index contributed by atoms with van der Waals surface area (Å²) in [6, 6.07) is 3.47. The Hall–Kier alpha value is -0.900. The van der Waals surface area contributed by atoms with E-state index in [1.807, 2.05) is 34.6 Å². The van der Waals surface area contributed by atoms with Crippen LogP contribution in [0.5, 0.6) is 0 Å². The van der Waals surface area contributed by atoms with Crippen LogP contribution >= 0.6 is 0 Å². The highest BCUT2D eigenvalue weighted by Gasteiger charge is 2.19. The summed E-state index contributed by atoms with van der Waals surface area (Å²) in [5.41, 5.74) is 0.947. The minimum atomic E-state index is -3.20. The van der Waals surface area contributed by atoms with Crippen molar-refractivity contribution < 1.29 is 8.42 Å². The van der Waals surface area contributed by atoms with Crippen molar-refractivity contribution in [1.82, 2.24) is 4.98 Å². The molecule has 1 aromatic heterocycles. The lowest BCUT2D eigenvalue weighted by Gasteiger charge is -2.17. The quantitative estimate of drug-likeness (QED) is 0.841. The number of sulfone groups is 1. The van der Waals surface area contributed by atoms with Crippen molar-refractivity contribution in [3.8, 4) is 0 Å². The smallest absolute Gasteiger partial charge is 0.179 e. The Bertz CT molecular complexity index is 482. The predicted molar refractivity (Wildman–Crippen MR) is 74.5 cm³/mol. The van der Waals surface area contributed by atoms with Crippen LogP contribution < -0.4 is 0 Å². The SMILES string of the molecule is CC(C)c1ccc(S(=O)(=O)CCC(C)(C)C)cn1. The third kappa shape index (κ3) is 4.41. The van der Waals surface area contributed by atoms with Gasteiger partial charge in [0, 0.05) is 11.9 Å². The molecule has 0 aromatic carbocycles. The number of hydrogen-bond donors (Lipinski definition) is 0. The van der Waals surface area contributed by atoms with Crippen LogP contribution in [0.25, 0.3) is 0 Å². The van der Waals surface area contributed by atoms with Gasteiger partial charge in [-0.1, -0.05) is 34.6 Å². The zero-order chi connectivity index (χ0) is 14.0. The number of nitrogens with zero attached hydrogens (tertiary/aromatic N) is 1. The number of rotatable bonds is 4. The molecule has 0 atom stereocenters. The maximum absolute atomic E-state index is 12.1. The molecule has 18 heavy (non-hydrogen) atoms. The molecular weight excluding hydrogens is 246 g/mol. The summed E-state index contributed by atoms with van der Waals surface area (Å²) in [6.07, 6.45) is 2.13. The molecule has 1 aromatic rings. The zero-order valence-electron chi connectivity index (χ0n) is 11.9. The summed E-state index contributed by atoms with van der Waals surface area (Å²) < 4.78 is 24.2. The van der Waals surface area contributed by atoms with Gasteiger partial charge in [-0.25, -0.2) is 8.42 Å². The third-order valence-corrected chi connectivity index (χ3v) is 4.53. The van der Waals surface area contributed by atoms with Gasteiger partial charge in [-0.15, -0.1) is 0 Å². The molecule has 0 unspecified atom stereocenters. The van der Waals surface area contributed by atoms with Crippen LogP contribution in [0.15, 0.2) is 23.2 Å². The monoisotopic (exact) mass is 269 g/mol. The van der Waals surface area contributed by atoms with Gasteiger partial charge in [0.25, 0.3) is 0 Å². The molecule has 1 rings (SSSR count). The molecule has 0 bridgehead atoms. The van der Waals surface area contributed by atoms with Crippen LogP contribution in [0.3, 0.4) is 0 Å². The van der Waals surface area contributed by atoms with Crippen LogP contribution in [-0.2, 0) is 9.84 Å². The number of hydrogen-bond acceptors (Lipinski definition) is 3. The van der Waals surface area contributed by atoms with E-state index in [0.717, 1.165) is 5.69 Å². The fourth-order valence-corrected chi connectivity index (χ4v) is 3.08. The van der Waals surface area contributed by atoms with E-state index in [9.17, 15) is 8.42 Å². The van der Waals surface area contributed by atoms with Gasteiger partial charge in [-0.3, -0.25) is 4.98 Å². The van der Waals surface area contributed by atoms with Crippen molar-refractivity contribution in [2.24, 2.45) is 5.41 Å². The maximum Gasteiger partial charge on any atom is 0.179 e. The first-order valence-corrected chi connectivity index (χ1v) is 7.96. The Balaban J connectivity index is 2.86. The lowest BCUT2D eigenvalue weighted by atomic mass is 9.94. The Labute approximate surface area is 111 Å². The van der Waals surface area contributed by atoms with Crippen molar-refractivity contribution in [2.75, 3.05) is 5.75 Å². The topological polar surface area (TPSA) is 47.0 Å². The molecule has 0 aliphatic carbocycles. The second-order valence-corrected chi connectivity index (χ2v) is 8.31. The molecule has 0 radical (unpaired) electrons. The molecule has 0 saturated heterocycles. The number of aromatic nitrogens is 1. The Kier molecular flexibility index (Phi) is 4.54. The average molecular weight is 269 g/mol. The number of pyridine rings is 1. The molecule has 0 spiro atoms. The van der Waals surface area contributed by atoms with Gasteiger partial charge in [0.2, 0.25) is 0 Å². The molecule has 0 fully saturated rings. The van der Waals surface area contributed by atoms with E-state index < -0.39 is 9.84 Å². The minimum Gasteiger partial charge on any atom is -0.260 e. The van der Waals surface area contributed by atoms with Crippen molar-refractivity contribution >= 4 is 9.84 Å². The molecule has 0 saturated carbocycles. The third-order valence-electron chi connectivity index (χ3n) is 2.83. The summed E-state index contributed by atoms with van der Waals surface area (Å²) in [5.74, 6) is 0.496. The van der Waals surface area contributed by atoms with Crippen molar-refractivity contribution in [1.29, 1.82) is 0 Å². The van der Waals surface area contributed by atoms with Crippen molar-refractivity contribution in [3.05, 3.63) is 24.0 Å². The van der Waals surface area contributed by atoms with Gasteiger partial charge in [0.05, 0.1) is 10.6 Å². The Morgan fingerprint density at radius 2 is 1.83 bits per heavy atom. The predicted octanol–water partition coefficient (Wildman–Crippen LogP) is 3.41. The van der Waals surface area contributed by atoms with E-state index in [2.05, 4.69) is 4.98 Å². The Morgan fingerprint density at radius 3 is 2.22 bits per heavy atom. The molecule has 1 heterocycles. The molecule has 0 amide bonds. The minimum absolute atomic E-state index is 0.0262. The first kappa shape index (κ1) is 15.2. The van der Waals surface area contributed by atoms with Gasteiger partial charge >= 0.3 is 0 Å². The lowest BCUT2D eigenvalue weighted by Crippen LogP contribution is -2.15. The maximum atomic E-state index is 12.1. The van der Waals surface area contributed by atoms with Crippen LogP contribution in [0.4, 0.5) is 0 Å². The summed E-state index contributed by atoms with van der Waals surface area (Å²) in [6.45, 7) is 10.2. The van der Waals surface area contributed by atoms with E-state index >= 15 is 0 Å². The first-order valence-electron chi connectivity index (χ1n) is 6.30. The summed E-state index contributed by atoms with van der Waals surface area (Å²) in [7, 11) is -3.20. The van der Waals surface area contributed by atoms with E-state index in [1.165, 1.54) is 6.20 Å². The first-order chi connectivity index (χ1) is 8.12. The van der Waals surface area contributed by atoms with E-state index in [1.54, 1.807) is 12.1 Å². The molecule has 102 valence electrons. The van der Waals surface area contributed by atoms with E-state index in [4.69, 9.17) is 0 Å². The molecule has 0 aliphatic heterocycles. The summed E-state index contributed by atoms with van der Waals surface area (Å²) in [4.78, 5) is 4.54. The van der Waals surface area contributed by atoms with Gasteiger partial charge < -0.3 is 0 Å². The Morgan fingerprint density at radius 1 is 1.22 bits per heavy atom. The highest BCUT2D eigenvalue weighted by Crippen LogP contribution is 2.22. The molecular formula is C14H23NO2S. The van der Waals surface area contributed by atoms with E-state index in [-0.39, 0.29) is 11.2 Å². The van der Waals surface area contributed by atoms with Crippen LogP contribution in [0, 0.1) is 5.41 Å². The standard InChI is InChI=1S/C14H23NO2S/c1-11(2)13-7-6-12(10-15-13)18(16,17)9-8-14(3,4)5/h6-7,10-11H,8-9H2,1-5H3. The normalized spacial score (nSPS) is 13.0. The van der Waals surface area contributed by atoms with Gasteiger partial charge in [0.15, 0.2) is 9.84 Å². The fourth-order valence-electron chi connectivity index (χ4n) is 1.48. The second-order valence-electron chi connectivity index (χ2n) is 6.20. The van der Waals surface area contributed by atoms with Crippen molar-refractivity contribution in [3.63, 3.8) is 0 Å². The van der Waals surface area contributed by atoms with Gasteiger partial charge in [0.1, 0.15) is 0 Å². The largest absolute Gasteiger partial charge is 0.260 e. The molecule has 4 heteroatoms. The highest BCUT2D eigenvalue weighted by molar-refractivity contribution is 7.91. The molecule has 0 N–H and O–H groups in total. The fraction of sp³-hybridized carbons (Fsp3) is 0.643. The zero-order valence-corrected chi connectivity index (χ0v) is 12.7. The van der Waals surface area contributed by atoms with Gasteiger partial charge in [-0.05, 0) is 29.9 Å². The van der Waals surface area contributed by atoms with Gasteiger partial charge in [-0.2, -0.15) is 0 Å². The van der Waals surface area contributed by atoms with Crippen LogP contribution in [0.1, 0.15) is 52.7 Å². The summed E-state index contributed by atoms with van der Waals surface area (Å²) >= 11 is 0.